The Labute approximate surface area is 103 Å². The number of rotatable bonds is 8. The monoisotopic (exact) mass is 238 g/mol. The molecule has 0 amide bonds. The molecule has 0 spiro atoms. The second kappa shape index (κ2) is 8.17. The van der Waals surface area contributed by atoms with Crippen LogP contribution < -0.4 is 5.73 Å². The van der Waals surface area contributed by atoms with Crippen molar-refractivity contribution in [3.8, 4) is 0 Å². The summed E-state index contributed by atoms with van der Waals surface area (Å²) in [6, 6.07) is 3.88. The van der Waals surface area contributed by atoms with E-state index in [4.69, 9.17) is 15.2 Å². The highest BCUT2D eigenvalue weighted by molar-refractivity contribution is 5.14. The molecule has 4 nitrogen and oxygen atoms in total. The van der Waals surface area contributed by atoms with Crippen LogP contribution in [0, 0.1) is 0 Å². The van der Waals surface area contributed by atoms with E-state index < -0.39 is 0 Å². The van der Waals surface area contributed by atoms with Crippen molar-refractivity contribution in [2.75, 3.05) is 19.8 Å². The third-order valence-electron chi connectivity index (χ3n) is 2.60. The minimum Gasteiger partial charge on any atom is -0.379 e. The lowest BCUT2D eigenvalue weighted by molar-refractivity contribution is -0.00562. The third-order valence-corrected chi connectivity index (χ3v) is 2.60. The Kier molecular flexibility index (Phi) is 6.77. The van der Waals surface area contributed by atoms with E-state index in [1.807, 2.05) is 19.1 Å². The molecule has 0 saturated heterocycles. The van der Waals surface area contributed by atoms with Gasteiger partial charge in [-0.2, -0.15) is 0 Å². The SMILES string of the molecule is CCOCCOC(c1cccnc1)C(N)CC. The molecule has 4 heteroatoms. The van der Waals surface area contributed by atoms with E-state index >= 15 is 0 Å². The third kappa shape index (κ3) is 4.81. The summed E-state index contributed by atoms with van der Waals surface area (Å²) in [6.07, 6.45) is 4.32. The second-order valence-corrected chi connectivity index (χ2v) is 3.85. The first-order valence-corrected chi connectivity index (χ1v) is 6.14. The average Bonchev–Trinajstić information content (AvgIpc) is 2.39. The fourth-order valence-corrected chi connectivity index (χ4v) is 1.60. The van der Waals surface area contributed by atoms with Gasteiger partial charge in [-0.1, -0.05) is 13.0 Å². The van der Waals surface area contributed by atoms with Crippen LogP contribution in [0.3, 0.4) is 0 Å². The average molecular weight is 238 g/mol. The zero-order valence-corrected chi connectivity index (χ0v) is 10.6. The molecule has 2 N–H and O–H groups in total. The lowest BCUT2D eigenvalue weighted by Crippen LogP contribution is -2.30. The molecule has 17 heavy (non-hydrogen) atoms. The van der Waals surface area contributed by atoms with Gasteiger partial charge in [-0.25, -0.2) is 0 Å². The van der Waals surface area contributed by atoms with Crippen LogP contribution in [0.1, 0.15) is 31.9 Å². The quantitative estimate of drug-likeness (QED) is 0.703. The summed E-state index contributed by atoms with van der Waals surface area (Å²) in [6.45, 7) is 5.89. The molecule has 0 aliphatic carbocycles. The lowest BCUT2D eigenvalue weighted by Gasteiger charge is -2.23. The molecule has 2 unspecified atom stereocenters. The molecule has 1 rings (SSSR count). The molecular weight excluding hydrogens is 216 g/mol. The van der Waals surface area contributed by atoms with Gasteiger partial charge in [0.2, 0.25) is 0 Å². The molecule has 0 aliphatic heterocycles. The summed E-state index contributed by atoms with van der Waals surface area (Å²) in [4.78, 5) is 4.10. The molecule has 96 valence electrons. The van der Waals surface area contributed by atoms with E-state index in [9.17, 15) is 0 Å². The van der Waals surface area contributed by atoms with E-state index in [1.54, 1.807) is 12.4 Å². The van der Waals surface area contributed by atoms with Crippen LogP contribution >= 0.6 is 0 Å². The van der Waals surface area contributed by atoms with Crippen molar-refractivity contribution in [3.63, 3.8) is 0 Å². The fourth-order valence-electron chi connectivity index (χ4n) is 1.60. The van der Waals surface area contributed by atoms with Gasteiger partial charge in [-0.05, 0) is 19.4 Å². The lowest BCUT2D eigenvalue weighted by atomic mass is 10.0. The van der Waals surface area contributed by atoms with Gasteiger partial charge < -0.3 is 15.2 Å². The Bertz CT molecular complexity index is 293. The van der Waals surface area contributed by atoms with Crippen molar-refractivity contribution in [1.29, 1.82) is 0 Å². The normalized spacial score (nSPS) is 14.5. The van der Waals surface area contributed by atoms with Gasteiger partial charge in [-0.3, -0.25) is 4.98 Å². The molecule has 2 atom stereocenters. The maximum Gasteiger partial charge on any atom is 0.0991 e. The van der Waals surface area contributed by atoms with Crippen LogP contribution in [0.15, 0.2) is 24.5 Å². The zero-order valence-electron chi connectivity index (χ0n) is 10.6. The van der Waals surface area contributed by atoms with Crippen LogP contribution in [-0.2, 0) is 9.47 Å². The number of hydrogen-bond donors (Lipinski definition) is 1. The molecule has 0 saturated carbocycles. The largest absolute Gasteiger partial charge is 0.379 e. The number of aromatic nitrogens is 1. The highest BCUT2D eigenvalue weighted by atomic mass is 16.5. The highest BCUT2D eigenvalue weighted by Crippen LogP contribution is 2.20. The minimum absolute atomic E-state index is 0.0131. The Hall–Kier alpha value is -0.970. The summed E-state index contributed by atoms with van der Waals surface area (Å²) in [5, 5.41) is 0. The summed E-state index contributed by atoms with van der Waals surface area (Å²) in [7, 11) is 0. The molecule has 1 aromatic rings. The maximum absolute atomic E-state index is 6.07. The van der Waals surface area contributed by atoms with E-state index in [-0.39, 0.29) is 12.1 Å². The van der Waals surface area contributed by atoms with Crippen molar-refractivity contribution >= 4 is 0 Å². The number of nitrogens with zero attached hydrogens (tertiary/aromatic N) is 1. The van der Waals surface area contributed by atoms with Crippen molar-refractivity contribution in [2.24, 2.45) is 5.73 Å². The van der Waals surface area contributed by atoms with Crippen LogP contribution in [-0.4, -0.2) is 30.8 Å². The Morgan fingerprint density at radius 2 is 2.18 bits per heavy atom. The van der Waals surface area contributed by atoms with Crippen molar-refractivity contribution in [2.45, 2.75) is 32.4 Å². The first kappa shape index (κ1) is 14.1. The molecule has 0 aromatic carbocycles. The van der Waals surface area contributed by atoms with Gasteiger partial charge >= 0.3 is 0 Å². The number of hydrogen-bond acceptors (Lipinski definition) is 4. The van der Waals surface area contributed by atoms with E-state index in [1.165, 1.54) is 0 Å². The molecule has 0 aliphatic rings. The molecule has 1 heterocycles. The summed E-state index contributed by atoms with van der Waals surface area (Å²) in [5.74, 6) is 0. The van der Waals surface area contributed by atoms with Crippen molar-refractivity contribution < 1.29 is 9.47 Å². The van der Waals surface area contributed by atoms with Crippen LogP contribution in [0.5, 0.6) is 0 Å². The first-order chi connectivity index (χ1) is 8.29. The molecule has 1 aromatic heterocycles. The smallest absolute Gasteiger partial charge is 0.0991 e. The maximum atomic E-state index is 6.07. The van der Waals surface area contributed by atoms with Gasteiger partial charge in [0.15, 0.2) is 0 Å². The number of ether oxygens (including phenoxy) is 2. The number of pyridine rings is 1. The topological polar surface area (TPSA) is 57.4 Å². The van der Waals surface area contributed by atoms with Gasteiger partial charge in [0, 0.05) is 30.6 Å². The van der Waals surface area contributed by atoms with Crippen molar-refractivity contribution in [3.05, 3.63) is 30.1 Å². The van der Waals surface area contributed by atoms with Gasteiger partial charge in [0.05, 0.1) is 19.3 Å². The van der Waals surface area contributed by atoms with E-state index in [2.05, 4.69) is 11.9 Å². The highest BCUT2D eigenvalue weighted by Gasteiger charge is 2.19. The summed E-state index contributed by atoms with van der Waals surface area (Å²) < 4.78 is 11.0. The predicted octanol–water partition coefficient (Wildman–Crippen LogP) is 1.91. The molecular formula is C13H22N2O2. The van der Waals surface area contributed by atoms with E-state index in [0.717, 1.165) is 12.0 Å². The van der Waals surface area contributed by atoms with Gasteiger partial charge in [0.25, 0.3) is 0 Å². The van der Waals surface area contributed by atoms with Crippen LogP contribution in [0.25, 0.3) is 0 Å². The summed E-state index contributed by atoms with van der Waals surface area (Å²) in [5.41, 5.74) is 7.10. The molecule has 0 bridgehead atoms. The Morgan fingerprint density at radius 3 is 2.76 bits per heavy atom. The van der Waals surface area contributed by atoms with Gasteiger partial charge in [0.1, 0.15) is 0 Å². The summed E-state index contributed by atoms with van der Waals surface area (Å²) >= 11 is 0. The minimum atomic E-state index is -0.103. The Morgan fingerprint density at radius 1 is 1.35 bits per heavy atom. The van der Waals surface area contributed by atoms with Crippen LogP contribution in [0.4, 0.5) is 0 Å². The molecule has 0 radical (unpaired) electrons. The van der Waals surface area contributed by atoms with Gasteiger partial charge in [-0.15, -0.1) is 0 Å². The number of nitrogens with two attached hydrogens (primary N) is 1. The standard InChI is InChI=1S/C13H22N2O2/c1-3-12(14)13(17-9-8-16-4-2)11-6-5-7-15-10-11/h5-7,10,12-13H,3-4,8-9,14H2,1-2H3. The van der Waals surface area contributed by atoms with E-state index in [0.29, 0.717) is 19.8 Å². The zero-order chi connectivity index (χ0) is 12.5. The predicted molar refractivity (Wildman–Crippen MR) is 67.7 cm³/mol. The second-order valence-electron chi connectivity index (χ2n) is 3.85. The molecule has 0 fully saturated rings. The fraction of sp³-hybridized carbons (Fsp3) is 0.615. The first-order valence-electron chi connectivity index (χ1n) is 6.14. The Balaban J connectivity index is 2.55. The van der Waals surface area contributed by atoms with Crippen LogP contribution in [0.2, 0.25) is 0 Å². The van der Waals surface area contributed by atoms with Crippen molar-refractivity contribution in [1.82, 2.24) is 4.98 Å².